The molecule has 0 radical (unpaired) electrons. The van der Waals surface area contributed by atoms with Gasteiger partial charge in [-0.2, -0.15) is 0 Å². The van der Waals surface area contributed by atoms with E-state index in [1.165, 1.54) is 0 Å². The lowest BCUT2D eigenvalue weighted by molar-refractivity contribution is -0.110. The number of halogens is 1. The van der Waals surface area contributed by atoms with Crippen molar-refractivity contribution in [3.63, 3.8) is 0 Å². The highest BCUT2D eigenvalue weighted by Gasteiger charge is 2.26. The minimum Gasteiger partial charge on any atom is -0.497 e. The fraction of sp³-hybridized carbons (Fsp3) is 0.0625. The van der Waals surface area contributed by atoms with Crippen molar-refractivity contribution in [2.75, 3.05) is 12.4 Å². The average Bonchev–Trinajstić information content (AvgIpc) is 2.77. The van der Waals surface area contributed by atoms with Crippen LogP contribution in [-0.4, -0.2) is 13.0 Å². The van der Waals surface area contributed by atoms with E-state index in [0.717, 1.165) is 22.6 Å². The van der Waals surface area contributed by atoms with Crippen LogP contribution in [0.3, 0.4) is 0 Å². The molecule has 2 aromatic carbocycles. The molecular formula is C16H12ClNO2. The lowest BCUT2D eigenvalue weighted by Gasteiger charge is -2.03. The summed E-state index contributed by atoms with van der Waals surface area (Å²) in [7, 11) is 1.61. The van der Waals surface area contributed by atoms with E-state index < -0.39 is 0 Å². The normalized spacial score (nSPS) is 15.1. The molecule has 2 aromatic rings. The summed E-state index contributed by atoms with van der Waals surface area (Å²) in [4.78, 5) is 12.1. The van der Waals surface area contributed by atoms with Crippen LogP contribution in [0.4, 0.5) is 5.69 Å². The minimum absolute atomic E-state index is 0.143. The maximum absolute atomic E-state index is 12.1. The van der Waals surface area contributed by atoms with E-state index in [1.807, 2.05) is 42.5 Å². The number of carbonyl (C=O) groups is 1. The van der Waals surface area contributed by atoms with Gasteiger partial charge >= 0.3 is 0 Å². The molecule has 0 unspecified atom stereocenters. The smallest absolute Gasteiger partial charge is 0.256 e. The fourth-order valence-electron chi connectivity index (χ4n) is 2.24. The first kappa shape index (κ1) is 12.8. The molecule has 0 aromatic heterocycles. The quantitative estimate of drug-likeness (QED) is 0.851. The number of hydrogen-bond acceptors (Lipinski definition) is 2. The van der Waals surface area contributed by atoms with E-state index in [1.54, 1.807) is 13.2 Å². The van der Waals surface area contributed by atoms with Gasteiger partial charge in [-0.3, -0.25) is 4.79 Å². The number of amides is 1. The van der Waals surface area contributed by atoms with E-state index in [-0.39, 0.29) is 5.91 Å². The second-order valence-electron chi connectivity index (χ2n) is 4.45. The van der Waals surface area contributed by atoms with E-state index in [2.05, 4.69) is 5.32 Å². The fourth-order valence-corrected chi connectivity index (χ4v) is 2.52. The van der Waals surface area contributed by atoms with Gasteiger partial charge in [-0.25, -0.2) is 0 Å². The molecule has 0 aliphatic carbocycles. The molecule has 1 aliphatic heterocycles. The SMILES string of the molecule is COc1cccc(C=C2C(=O)Nc3cccc(Cl)c32)c1. The molecule has 0 fully saturated rings. The van der Waals surface area contributed by atoms with Gasteiger partial charge in [-0.05, 0) is 35.9 Å². The number of methoxy groups -OCH3 is 1. The van der Waals surface area contributed by atoms with Crippen LogP contribution in [-0.2, 0) is 4.79 Å². The standard InChI is InChI=1S/C16H12ClNO2/c1-20-11-5-2-4-10(8-11)9-12-15-13(17)6-3-7-14(15)18-16(12)19/h2-9H,1H3,(H,18,19). The van der Waals surface area contributed by atoms with E-state index in [0.29, 0.717) is 10.6 Å². The topological polar surface area (TPSA) is 38.3 Å². The number of hydrogen-bond donors (Lipinski definition) is 1. The molecular weight excluding hydrogens is 274 g/mol. The van der Waals surface area contributed by atoms with E-state index in [4.69, 9.17) is 16.3 Å². The van der Waals surface area contributed by atoms with Crippen LogP contribution in [0.15, 0.2) is 42.5 Å². The Morgan fingerprint density at radius 1 is 1.20 bits per heavy atom. The Balaban J connectivity index is 2.11. The Morgan fingerprint density at radius 2 is 2.00 bits per heavy atom. The van der Waals surface area contributed by atoms with Crippen LogP contribution in [0.2, 0.25) is 5.02 Å². The molecule has 100 valence electrons. The lowest BCUT2D eigenvalue weighted by Crippen LogP contribution is -2.03. The Hall–Kier alpha value is -2.26. The molecule has 4 heteroatoms. The molecule has 1 heterocycles. The maximum Gasteiger partial charge on any atom is 0.256 e. The Bertz CT molecular complexity index is 722. The van der Waals surface area contributed by atoms with Crippen molar-refractivity contribution in [2.45, 2.75) is 0 Å². The summed E-state index contributed by atoms with van der Waals surface area (Å²) < 4.78 is 5.18. The summed E-state index contributed by atoms with van der Waals surface area (Å²) in [6.07, 6.45) is 1.82. The molecule has 1 amide bonds. The molecule has 1 N–H and O–H groups in total. The Labute approximate surface area is 121 Å². The summed E-state index contributed by atoms with van der Waals surface area (Å²) in [6.45, 7) is 0. The Kier molecular flexibility index (Phi) is 3.20. The van der Waals surface area contributed by atoms with Crippen LogP contribution < -0.4 is 10.1 Å². The van der Waals surface area contributed by atoms with Gasteiger partial charge in [0.2, 0.25) is 0 Å². The first-order chi connectivity index (χ1) is 9.69. The Morgan fingerprint density at radius 3 is 2.80 bits per heavy atom. The molecule has 0 atom stereocenters. The zero-order chi connectivity index (χ0) is 14.1. The predicted octanol–water partition coefficient (Wildman–Crippen LogP) is 3.84. The van der Waals surface area contributed by atoms with Crippen molar-refractivity contribution in [1.82, 2.24) is 0 Å². The number of anilines is 1. The van der Waals surface area contributed by atoms with Crippen LogP contribution in [0, 0.1) is 0 Å². The summed E-state index contributed by atoms with van der Waals surface area (Å²) in [5.41, 5.74) is 2.96. The zero-order valence-corrected chi connectivity index (χ0v) is 11.6. The molecule has 0 saturated heterocycles. The van der Waals surface area contributed by atoms with Gasteiger partial charge in [0.05, 0.1) is 23.4 Å². The van der Waals surface area contributed by atoms with Gasteiger partial charge in [0.15, 0.2) is 0 Å². The largest absolute Gasteiger partial charge is 0.497 e. The second kappa shape index (κ2) is 5.02. The monoisotopic (exact) mass is 285 g/mol. The zero-order valence-electron chi connectivity index (χ0n) is 10.8. The highest BCUT2D eigenvalue weighted by molar-refractivity contribution is 6.41. The highest BCUT2D eigenvalue weighted by atomic mass is 35.5. The van der Waals surface area contributed by atoms with Crippen molar-refractivity contribution in [1.29, 1.82) is 0 Å². The van der Waals surface area contributed by atoms with E-state index >= 15 is 0 Å². The second-order valence-corrected chi connectivity index (χ2v) is 4.86. The predicted molar refractivity (Wildman–Crippen MR) is 80.9 cm³/mol. The van der Waals surface area contributed by atoms with Crippen LogP contribution in [0.5, 0.6) is 5.75 Å². The summed E-state index contributed by atoms with van der Waals surface area (Å²) in [5.74, 6) is 0.605. The summed E-state index contributed by atoms with van der Waals surface area (Å²) in [6, 6.07) is 13.0. The lowest BCUT2D eigenvalue weighted by atomic mass is 10.0. The third-order valence-corrected chi connectivity index (χ3v) is 3.50. The van der Waals surface area contributed by atoms with Crippen LogP contribution in [0.25, 0.3) is 11.6 Å². The van der Waals surface area contributed by atoms with Gasteiger partial charge < -0.3 is 10.1 Å². The van der Waals surface area contributed by atoms with Crippen molar-refractivity contribution >= 4 is 34.8 Å². The third kappa shape index (κ3) is 2.17. The minimum atomic E-state index is -0.143. The number of benzene rings is 2. The number of ether oxygens (including phenoxy) is 1. The van der Waals surface area contributed by atoms with Gasteiger partial charge in [0.25, 0.3) is 5.91 Å². The molecule has 3 nitrogen and oxygen atoms in total. The number of carbonyl (C=O) groups excluding carboxylic acids is 1. The van der Waals surface area contributed by atoms with Crippen molar-refractivity contribution < 1.29 is 9.53 Å². The summed E-state index contributed by atoms with van der Waals surface area (Å²) >= 11 is 6.20. The third-order valence-electron chi connectivity index (χ3n) is 3.18. The average molecular weight is 286 g/mol. The van der Waals surface area contributed by atoms with Gasteiger partial charge in [-0.15, -0.1) is 0 Å². The molecule has 3 rings (SSSR count). The van der Waals surface area contributed by atoms with Crippen molar-refractivity contribution in [2.24, 2.45) is 0 Å². The van der Waals surface area contributed by atoms with Crippen LogP contribution in [0.1, 0.15) is 11.1 Å². The summed E-state index contributed by atoms with van der Waals surface area (Å²) in [5, 5.41) is 3.38. The molecule has 0 bridgehead atoms. The van der Waals surface area contributed by atoms with Gasteiger partial charge in [0.1, 0.15) is 5.75 Å². The molecule has 20 heavy (non-hydrogen) atoms. The number of nitrogens with one attached hydrogen (secondary N) is 1. The molecule has 0 spiro atoms. The van der Waals surface area contributed by atoms with Crippen molar-refractivity contribution in [3.8, 4) is 5.75 Å². The molecule has 1 aliphatic rings. The van der Waals surface area contributed by atoms with E-state index in [9.17, 15) is 4.79 Å². The van der Waals surface area contributed by atoms with Crippen LogP contribution >= 0.6 is 11.6 Å². The van der Waals surface area contributed by atoms with Gasteiger partial charge in [0, 0.05) is 5.56 Å². The maximum atomic E-state index is 12.1. The molecule has 0 saturated carbocycles. The number of fused-ring (bicyclic) bond motifs is 1. The first-order valence-corrected chi connectivity index (χ1v) is 6.53. The van der Waals surface area contributed by atoms with Gasteiger partial charge in [-0.1, -0.05) is 29.8 Å². The highest BCUT2D eigenvalue weighted by Crippen LogP contribution is 2.38. The number of rotatable bonds is 2. The van der Waals surface area contributed by atoms with Crippen molar-refractivity contribution in [3.05, 3.63) is 58.6 Å². The first-order valence-electron chi connectivity index (χ1n) is 6.15.